The van der Waals surface area contributed by atoms with Gasteiger partial charge in [0.15, 0.2) is 0 Å². The van der Waals surface area contributed by atoms with Gasteiger partial charge in [-0.3, -0.25) is 0 Å². The summed E-state index contributed by atoms with van der Waals surface area (Å²) in [6.07, 6.45) is 1.86. The fraction of sp³-hybridized carbons (Fsp3) is 0.600. The Morgan fingerprint density at radius 1 is 1.45 bits per heavy atom. The lowest BCUT2D eigenvalue weighted by Gasteiger charge is -1.84. The summed E-state index contributed by atoms with van der Waals surface area (Å²) in [5, 5.41) is 7.98. The topological polar surface area (TPSA) is 59.9 Å². The monoisotopic (exact) mass is 192 g/mol. The van der Waals surface area contributed by atoms with Gasteiger partial charge in [-0.2, -0.15) is 0 Å². The van der Waals surface area contributed by atoms with Crippen LogP contribution in [0.15, 0.2) is 4.34 Å². The third-order valence-electron chi connectivity index (χ3n) is 1.07. The molecule has 62 valence electrons. The highest BCUT2D eigenvalue weighted by Gasteiger charge is 2.12. The minimum absolute atomic E-state index is 0.106. The molecule has 1 aromatic heterocycles. The second-order valence-electron chi connectivity index (χ2n) is 2.09. The summed E-state index contributed by atoms with van der Waals surface area (Å²) in [5.41, 5.74) is 0. The fourth-order valence-corrected chi connectivity index (χ4v) is 2.12. The first kappa shape index (κ1) is 8.61. The van der Waals surface area contributed by atoms with Crippen LogP contribution in [-0.2, 0) is 16.3 Å². The molecule has 0 saturated heterocycles. The molecular weight excluding hydrogens is 184 g/mol. The van der Waals surface area contributed by atoms with Gasteiger partial charge < -0.3 is 0 Å². The minimum atomic E-state index is -3.15. The first-order valence-corrected chi connectivity index (χ1v) is 5.77. The van der Waals surface area contributed by atoms with Crippen molar-refractivity contribution in [2.24, 2.45) is 0 Å². The van der Waals surface area contributed by atoms with Gasteiger partial charge in [0, 0.05) is 6.26 Å². The molecule has 0 N–H and O–H groups in total. The molecule has 0 saturated carbocycles. The number of aryl methyl sites for hydroxylation is 1. The van der Waals surface area contributed by atoms with Crippen LogP contribution in [0.1, 0.15) is 11.9 Å². The number of hydrogen-bond donors (Lipinski definition) is 0. The van der Waals surface area contributed by atoms with E-state index in [4.69, 9.17) is 0 Å². The molecule has 0 atom stereocenters. The third-order valence-corrected chi connectivity index (χ3v) is 3.80. The maximum Gasteiger partial charge on any atom is 0.232 e. The maximum atomic E-state index is 10.9. The van der Waals surface area contributed by atoms with Crippen LogP contribution in [0.3, 0.4) is 0 Å². The van der Waals surface area contributed by atoms with Crippen LogP contribution >= 0.6 is 11.3 Å². The van der Waals surface area contributed by atoms with Crippen LogP contribution in [0.2, 0.25) is 0 Å². The first-order valence-electron chi connectivity index (χ1n) is 3.06. The van der Waals surface area contributed by atoms with Gasteiger partial charge >= 0.3 is 0 Å². The van der Waals surface area contributed by atoms with Gasteiger partial charge in [0.25, 0.3) is 0 Å². The number of aromatic nitrogens is 2. The molecular formula is C5H8N2O2S2. The lowest BCUT2D eigenvalue weighted by atomic mass is 10.5. The van der Waals surface area contributed by atoms with Crippen LogP contribution in [0, 0.1) is 0 Å². The normalized spacial score (nSPS) is 11.8. The molecule has 1 rings (SSSR count). The van der Waals surface area contributed by atoms with E-state index in [0.29, 0.717) is 0 Å². The van der Waals surface area contributed by atoms with E-state index < -0.39 is 9.84 Å². The number of hydrogen-bond acceptors (Lipinski definition) is 5. The first-order chi connectivity index (χ1) is 5.04. The van der Waals surface area contributed by atoms with Gasteiger partial charge in [-0.25, -0.2) is 8.42 Å². The van der Waals surface area contributed by atoms with Crippen molar-refractivity contribution >= 4 is 21.2 Å². The quantitative estimate of drug-likeness (QED) is 0.684. The Kier molecular flexibility index (Phi) is 2.24. The highest BCUT2D eigenvalue weighted by molar-refractivity contribution is 7.92. The van der Waals surface area contributed by atoms with Crippen LogP contribution in [-0.4, -0.2) is 24.9 Å². The van der Waals surface area contributed by atoms with Gasteiger partial charge in [-0.1, -0.05) is 18.3 Å². The van der Waals surface area contributed by atoms with E-state index >= 15 is 0 Å². The van der Waals surface area contributed by atoms with Crippen LogP contribution in [0.4, 0.5) is 0 Å². The molecule has 0 aliphatic rings. The summed E-state index contributed by atoms with van der Waals surface area (Å²) in [5.74, 6) is 0. The summed E-state index contributed by atoms with van der Waals surface area (Å²) < 4.78 is 21.8. The van der Waals surface area contributed by atoms with Crippen molar-refractivity contribution < 1.29 is 8.42 Å². The Labute approximate surface area is 69.2 Å². The molecule has 0 unspecified atom stereocenters. The minimum Gasteiger partial charge on any atom is -0.221 e. The molecule has 6 heteroatoms. The zero-order valence-electron chi connectivity index (χ0n) is 6.23. The second-order valence-corrected chi connectivity index (χ2v) is 5.34. The molecule has 0 amide bonds. The van der Waals surface area contributed by atoms with Crippen molar-refractivity contribution in [2.75, 3.05) is 6.26 Å². The lowest BCUT2D eigenvalue weighted by molar-refractivity contribution is 0.600. The molecule has 4 nitrogen and oxygen atoms in total. The van der Waals surface area contributed by atoms with Crippen molar-refractivity contribution in [1.82, 2.24) is 10.2 Å². The zero-order chi connectivity index (χ0) is 8.48. The third kappa shape index (κ3) is 1.97. The van der Waals surface area contributed by atoms with Gasteiger partial charge in [0.1, 0.15) is 5.01 Å². The van der Waals surface area contributed by atoms with Crippen molar-refractivity contribution in [3.8, 4) is 0 Å². The van der Waals surface area contributed by atoms with E-state index in [2.05, 4.69) is 10.2 Å². The average molecular weight is 192 g/mol. The second kappa shape index (κ2) is 2.86. The Bertz CT molecular complexity index is 341. The molecule has 0 bridgehead atoms. The number of sulfone groups is 1. The van der Waals surface area contributed by atoms with Crippen molar-refractivity contribution in [1.29, 1.82) is 0 Å². The SMILES string of the molecule is CCc1nnc(S(C)(=O)=O)s1. The van der Waals surface area contributed by atoms with E-state index in [1.807, 2.05) is 6.92 Å². The highest BCUT2D eigenvalue weighted by Crippen LogP contribution is 2.14. The molecule has 11 heavy (non-hydrogen) atoms. The maximum absolute atomic E-state index is 10.9. The summed E-state index contributed by atoms with van der Waals surface area (Å²) in [6, 6.07) is 0. The van der Waals surface area contributed by atoms with Crippen molar-refractivity contribution in [2.45, 2.75) is 17.7 Å². The standard InChI is InChI=1S/C5H8N2O2S2/c1-3-4-6-7-5(10-4)11(2,8)9/h3H2,1-2H3. The summed E-state index contributed by atoms with van der Waals surface area (Å²) >= 11 is 1.13. The Morgan fingerprint density at radius 2 is 2.09 bits per heavy atom. The van der Waals surface area contributed by atoms with E-state index in [9.17, 15) is 8.42 Å². The highest BCUT2D eigenvalue weighted by atomic mass is 32.2. The lowest BCUT2D eigenvalue weighted by Crippen LogP contribution is -1.95. The zero-order valence-corrected chi connectivity index (χ0v) is 7.87. The molecule has 0 radical (unpaired) electrons. The molecule has 0 aliphatic carbocycles. The summed E-state index contributed by atoms with van der Waals surface area (Å²) in [6.45, 7) is 1.91. The predicted octanol–water partition coefficient (Wildman–Crippen LogP) is 0.504. The van der Waals surface area contributed by atoms with E-state index in [1.165, 1.54) is 0 Å². The molecule has 1 heterocycles. The fourth-order valence-electron chi connectivity index (χ4n) is 0.531. The molecule has 0 fully saturated rings. The Hall–Kier alpha value is -0.490. The Balaban J connectivity index is 3.09. The van der Waals surface area contributed by atoms with Crippen LogP contribution in [0.25, 0.3) is 0 Å². The number of nitrogens with zero attached hydrogens (tertiary/aromatic N) is 2. The Morgan fingerprint density at radius 3 is 2.36 bits per heavy atom. The van der Waals surface area contributed by atoms with E-state index in [0.717, 1.165) is 29.0 Å². The van der Waals surface area contributed by atoms with E-state index in [1.54, 1.807) is 0 Å². The van der Waals surface area contributed by atoms with Gasteiger partial charge in [0.05, 0.1) is 0 Å². The molecule has 0 aliphatic heterocycles. The van der Waals surface area contributed by atoms with Gasteiger partial charge in [0.2, 0.25) is 14.2 Å². The predicted molar refractivity (Wildman–Crippen MR) is 42.4 cm³/mol. The summed E-state index contributed by atoms with van der Waals surface area (Å²) in [7, 11) is -3.15. The molecule has 1 aromatic rings. The van der Waals surface area contributed by atoms with Crippen molar-refractivity contribution in [3.63, 3.8) is 0 Å². The summed E-state index contributed by atoms with van der Waals surface area (Å²) in [4.78, 5) is 0. The van der Waals surface area contributed by atoms with Crippen LogP contribution < -0.4 is 0 Å². The smallest absolute Gasteiger partial charge is 0.221 e. The molecule has 0 aromatic carbocycles. The van der Waals surface area contributed by atoms with E-state index in [-0.39, 0.29) is 4.34 Å². The average Bonchev–Trinajstić information content (AvgIpc) is 2.32. The molecule has 0 spiro atoms. The van der Waals surface area contributed by atoms with Crippen molar-refractivity contribution in [3.05, 3.63) is 5.01 Å². The van der Waals surface area contributed by atoms with Crippen LogP contribution in [0.5, 0.6) is 0 Å². The van der Waals surface area contributed by atoms with Gasteiger partial charge in [-0.15, -0.1) is 10.2 Å². The number of rotatable bonds is 2. The van der Waals surface area contributed by atoms with Gasteiger partial charge in [-0.05, 0) is 6.42 Å². The largest absolute Gasteiger partial charge is 0.232 e.